The third-order valence-electron chi connectivity index (χ3n) is 4.08. The van der Waals surface area contributed by atoms with Gasteiger partial charge in [0, 0.05) is 0 Å². The minimum atomic E-state index is -0.819. The second-order valence-electron chi connectivity index (χ2n) is 5.03. The molecule has 1 aromatic rings. The third-order valence-corrected chi connectivity index (χ3v) is 4.08. The van der Waals surface area contributed by atoms with Gasteiger partial charge in [-0.3, -0.25) is 0 Å². The number of hydrogen-bond donors (Lipinski definition) is 1. The Kier molecular flexibility index (Phi) is 4.02. The SMILES string of the molecule is CCN1CCC(c2cccc(C(=O)O)c2C)CC1. The number of likely N-dealkylation sites (tertiary alicyclic amines) is 1. The fraction of sp³-hybridized carbons (Fsp3) is 0.533. The molecule has 0 atom stereocenters. The van der Waals surface area contributed by atoms with Gasteiger partial charge in [-0.05, 0) is 62.5 Å². The molecule has 1 aliphatic rings. The van der Waals surface area contributed by atoms with E-state index >= 15 is 0 Å². The zero-order valence-electron chi connectivity index (χ0n) is 11.1. The highest BCUT2D eigenvalue weighted by Crippen LogP contribution is 2.31. The average molecular weight is 247 g/mol. The lowest BCUT2D eigenvalue weighted by atomic mass is 9.85. The first kappa shape index (κ1) is 13.1. The third kappa shape index (κ3) is 2.56. The van der Waals surface area contributed by atoms with E-state index in [0.717, 1.165) is 38.0 Å². The molecule has 1 N–H and O–H groups in total. The quantitative estimate of drug-likeness (QED) is 0.892. The maximum absolute atomic E-state index is 11.1. The number of benzene rings is 1. The smallest absolute Gasteiger partial charge is 0.335 e. The van der Waals surface area contributed by atoms with Crippen LogP contribution in [0.4, 0.5) is 0 Å². The van der Waals surface area contributed by atoms with Crippen LogP contribution in [-0.4, -0.2) is 35.6 Å². The van der Waals surface area contributed by atoms with Gasteiger partial charge in [0.1, 0.15) is 0 Å². The number of carboxylic acids is 1. The first-order chi connectivity index (χ1) is 8.63. The van der Waals surface area contributed by atoms with Crippen LogP contribution in [0.25, 0.3) is 0 Å². The van der Waals surface area contributed by atoms with E-state index in [1.807, 2.05) is 13.0 Å². The van der Waals surface area contributed by atoms with Crippen molar-refractivity contribution in [2.75, 3.05) is 19.6 Å². The summed E-state index contributed by atoms with van der Waals surface area (Å²) in [6, 6.07) is 5.66. The van der Waals surface area contributed by atoms with Gasteiger partial charge in [-0.2, -0.15) is 0 Å². The highest BCUT2D eigenvalue weighted by atomic mass is 16.4. The van der Waals surface area contributed by atoms with Crippen LogP contribution in [0.3, 0.4) is 0 Å². The van der Waals surface area contributed by atoms with E-state index in [2.05, 4.69) is 17.9 Å². The van der Waals surface area contributed by atoms with Crippen LogP contribution in [0, 0.1) is 6.92 Å². The Hall–Kier alpha value is -1.35. The Balaban J connectivity index is 2.19. The van der Waals surface area contributed by atoms with Crippen LogP contribution in [0.2, 0.25) is 0 Å². The molecule has 0 saturated carbocycles. The lowest BCUT2D eigenvalue weighted by molar-refractivity contribution is 0.0696. The molecule has 0 spiro atoms. The molecule has 18 heavy (non-hydrogen) atoms. The van der Waals surface area contributed by atoms with E-state index in [9.17, 15) is 4.79 Å². The zero-order valence-corrected chi connectivity index (χ0v) is 11.1. The standard InChI is InChI=1S/C15H21NO2/c1-3-16-9-7-12(8-10-16)13-5-4-6-14(11(13)2)15(17)18/h4-6,12H,3,7-10H2,1-2H3,(H,17,18). The molecular weight excluding hydrogens is 226 g/mol. The van der Waals surface area contributed by atoms with Crippen molar-refractivity contribution in [1.82, 2.24) is 4.90 Å². The number of nitrogens with zero attached hydrogens (tertiary/aromatic N) is 1. The summed E-state index contributed by atoms with van der Waals surface area (Å²) in [4.78, 5) is 13.6. The molecule has 3 nitrogen and oxygen atoms in total. The highest BCUT2D eigenvalue weighted by molar-refractivity contribution is 5.89. The van der Waals surface area contributed by atoms with Crippen LogP contribution in [0.1, 0.15) is 47.2 Å². The normalized spacial score (nSPS) is 17.9. The Morgan fingerprint density at radius 2 is 2.06 bits per heavy atom. The van der Waals surface area contributed by atoms with E-state index in [0.29, 0.717) is 11.5 Å². The molecule has 3 heteroatoms. The predicted molar refractivity (Wildman–Crippen MR) is 72.2 cm³/mol. The number of piperidine rings is 1. The summed E-state index contributed by atoms with van der Waals surface area (Å²) < 4.78 is 0. The summed E-state index contributed by atoms with van der Waals surface area (Å²) in [5.74, 6) is -0.299. The van der Waals surface area contributed by atoms with Gasteiger partial charge in [0.05, 0.1) is 5.56 Å². The molecule has 1 aliphatic heterocycles. The maximum Gasteiger partial charge on any atom is 0.335 e. The summed E-state index contributed by atoms with van der Waals surface area (Å²) >= 11 is 0. The van der Waals surface area contributed by atoms with E-state index in [1.54, 1.807) is 6.07 Å². The molecule has 0 aromatic heterocycles. The number of rotatable bonds is 3. The topological polar surface area (TPSA) is 40.5 Å². The highest BCUT2D eigenvalue weighted by Gasteiger charge is 2.22. The first-order valence-corrected chi connectivity index (χ1v) is 6.68. The molecule has 0 aliphatic carbocycles. The van der Waals surface area contributed by atoms with Crippen LogP contribution in [0.5, 0.6) is 0 Å². The summed E-state index contributed by atoms with van der Waals surface area (Å²) in [5.41, 5.74) is 2.62. The van der Waals surface area contributed by atoms with Crippen molar-refractivity contribution in [3.63, 3.8) is 0 Å². The molecule has 1 heterocycles. The van der Waals surface area contributed by atoms with Crippen molar-refractivity contribution in [2.24, 2.45) is 0 Å². The molecular formula is C15H21NO2. The number of carbonyl (C=O) groups is 1. The molecule has 0 unspecified atom stereocenters. The summed E-state index contributed by atoms with van der Waals surface area (Å²) in [5, 5.41) is 9.16. The second-order valence-corrected chi connectivity index (χ2v) is 5.03. The van der Waals surface area contributed by atoms with Gasteiger partial charge < -0.3 is 10.0 Å². The lowest BCUT2D eigenvalue weighted by Gasteiger charge is -2.32. The van der Waals surface area contributed by atoms with Gasteiger partial charge in [-0.15, -0.1) is 0 Å². The van der Waals surface area contributed by atoms with Crippen LogP contribution in [-0.2, 0) is 0 Å². The van der Waals surface area contributed by atoms with E-state index in [-0.39, 0.29) is 0 Å². The van der Waals surface area contributed by atoms with E-state index in [4.69, 9.17) is 5.11 Å². The fourth-order valence-electron chi connectivity index (χ4n) is 2.89. The van der Waals surface area contributed by atoms with Crippen molar-refractivity contribution in [1.29, 1.82) is 0 Å². The number of carboxylic acid groups (broad SMARTS) is 1. The lowest BCUT2D eigenvalue weighted by Crippen LogP contribution is -2.32. The molecule has 98 valence electrons. The van der Waals surface area contributed by atoms with Gasteiger partial charge >= 0.3 is 5.97 Å². The van der Waals surface area contributed by atoms with Crippen LogP contribution >= 0.6 is 0 Å². The van der Waals surface area contributed by atoms with Crippen molar-refractivity contribution in [3.05, 3.63) is 34.9 Å². The van der Waals surface area contributed by atoms with Gasteiger partial charge in [-0.25, -0.2) is 4.79 Å². The van der Waals surface area contributed by atoms with Gasteiger partial charge in [-0.1, -0.05) is 19.1 Å². The minimum Gasteiger partial charge on any atom is -0.478 e. The second kappa shape index (κ2) is 5.53. The molecule has 1 saturated heterocycles. The Morgan fingerprint density at radius 3 is 2.61 bits per heavy atom. The van der Waals surface area contributed by atoms with Crippen LogP contribution in [0.15, 0.2) is 18.2 Å². The van der Waals surface area contributed by atoms with E-state index < -0.39 is 5.97 Å². The van der Waals surface area contributed by atoms with Crippen molar-refractivity contribution in [3.8, 4) is 0 Å². The van der Waals surface area contributed by atoms with Crippen molar-refractivity contribution >= 4 is 5.97 Å². The van der Waals surface area contributed by atoms with Crippen molar-refractivity contribution < 1.29 is 9.90 Å². The van der Waals surface area contributed by atoms with Gasteiger partial charge in [0.2, 0.25) is 0 Å². The molecule has 0 radical (unpaired) electrons. The minimum absolute atomic E-state index is 0.449. The monoisotopic (exact) mass is 247 g/mol. The van der Waals surface area contributed by atoms with Crippen molar-refractivity contribution in [2.45, 2.75) is 32.6 Å². The van der Waals surface area contributed by atoms with E-state index in [1.165, 1.54) is 5.56 Å². The molecule has 1 fully saturated rings. The molecule has 2 rings (SSSR count). The Bertz CT molecular complexity index is 434. The average Bonchev–Trinajstić information content (AvgIpc) is 2.39. The van der Waals surface area contributed by atoms with Gasteiger partial charge in [0.15, 0.2) is 0 Å². The molecule has 1 aromatic carbocycles. The summed E-state index contributed by atoms with van der Waals surface area (Å²) in [6.07, 6.45) is 2.27. The first-order valence-electron chi connectivity index (χ1n) is 6.68. The maximum atomic E-state index is 11.1. The summed E-state index contributed by atoms with van der Waals surface area (Å²) in [6.45, 7) is 7.48. The number of aromatic carboxylic acids is 1. The largest absolute Gasteiger partial charge is 0.478 e. The zero-order chi connectivity index (χ0) is 13.1. The summed E-state index contributed by atoms with van der Waals surface area (Å²) in [7, 11) is 0. The fourth-order valence-corrected chi connectivity index (χ4v) is 2.89. The molecule has 0 bridgehead atoms. The predicted octanol–water partition coefficient (Wildman–Crippen LogP) is 2.89. The van der Waals surface area contributed by atoms with Crippen LogP contribution < -0.4 is 0 Å². The molecule has 0 amide bonds. The van der Waals surface area contributed by atoms with Gasteiger partial charge in [0.25, 0.3) is 0 Å². The Morgan fingerprint density at radius 1 is 1.39 bits per heavy atom. The number of hydrogen-bond acceptors (Lipinski definition) is 2. The Labute approximate surface area is 108 Å².